The Bertz CT molecular complexity index is 739. The van der Waals surface area contributed by atoms with E-state index in [9.17, 15) is 4.39 Å². The van der Waals surface area contributed by atoms with Crippen LogP contribution < -0.4 is 14.2 Å². The van der Waals surface area contributed by atoms with Crippen LogP contribution in [0, 0.1) is 12.7 Å². The molecule has 0 radical (unpaired) electrons. The van der Waals surface area contributed by atoms with Gasteiger partial charge in [0.25, 0.3) is 0 Å². The molecule has 2 aromatic carbocycles. The SMILES string of the molecule is CC.CC.COc1cc(F)c(C(C)C)cc1-c1cc2c(cc1C)OCCO2. The second-order valence-electron chi connectivity index (χ2n) is 6.04. The summed E-state index contributed by atoms with van der Waals surface area (Å²) in [6.07, 6.45) is 0. The number of hydrogen-bond donors (Lipinski definition) is 0. The third-order valence-electron chi connectivity index (χ3n) is 4.12. The molecule has 150 valence electrons. The van der Waals surface area contributed by atoms with Crippen molar-refractivity contribution in [3.63, 3.8) is 0 Å². The zero-order chi connectivity index (χ0) is 20.6. The fourth-order valence-electron chi connectivity index (χ4n) is 2.87. The second-order valence-corrected chi connectivity index (χ2v) is 6.04. The summed E-state index contributed by atoms with van der Waals surface area (Å²) in [5.74, 6) is 1.84. The standard InChI is InChI=1S/C19H21FO3.2C2H6/c1-11(2)13-8-15(17(21-4)10-16(13)20)14-9-19-18(7-12(14)3)22-5-6-23-19;2*1-2/h7-11H,5-6H2,1-4H3;2*1-2H3. The number of ether oxygens (including phenoxy) is 3. The summed E-state index contributed by atoms with van der Waals surface area (Å²) in [5.41, 5.74) is 3.55. The van der Waals surface area contributed by atoms with Crippen LogP contribution in [0.5, 0.6) is 17.2 Å². The molecule has 3 nitrogen and oxygen atoms in total. The summed E-state index contributed by atoms with van der Waals surface area (Å²) in [4.78, 5) is 0. The molecule has 2 aromatic rings. The minimum absolute atomic E-state index is 0.0946. The van der Waals surface area contributed by atoms with Crippen LogP contribution in [0.1, 0.15) is 58.6 Å². The first kappa shape index (κ1) is 22.8. The van der Waals surface area contributed by atoms with Crippen molar-refractivity contribution in [2.24, 2.45) is 0 Å². The highest BCUT2D eigenvalue weighted by Crippen LogP contribution is 2.41. The molecule has 0 unspecified atom stereocenters. The lowest BCUT2D eigenvalue weighted by atomic mass is 9.93. The molecule has 0 spiro atoms. The van der Waals surface area contributed by atoms with E-state index in [0.717, 1.165) is 22.4 Å². The zero-order valence-electron chi connectivity index (χ0n) is 17.9. The van der Waals surface area contributed by atoms with Crippen molar-refractivity contribution >= 4 is 0 Å². The van der Waals surface area contributed by atoms with Crippen molar-refractivity contribution in [3.05, 3.63) is 41.2 Å². The average molecular weight is 377 g/mol. The van der Waals surface area contributed by atoms with E-state index in [4.69, 9.17) is 14.2 Å². The van der Waals surface area contributed by atoms with E-state index in [2.05, 4.69) is 0 Å². The third kappa shape index (κ3) is 5.15. The number of aryl methyl sites for hydroxylation is 1. The van der Waals surface area contributed by atoms with Gasteiger partial charge in [-0.2, -0.15) is 0 Å². The van der Waals surface area contributed by atoms with E-state index in [0.29, 0.717) is 30.3 Å². The van der Waals surface area contributed by atoms with Gasteiger partial charge in [-0.15, -0.1) is 0 Å². The number of fused-ring (bicyclic) bond motifs is 1. The molecular formula is C23H33FO3. The Kier molecular flexibility index (Phi) is 9.13. The van der Waals surface area contributed by atoms with Crippen LogP contribution in [0.15, 0.2) is 24.3 Å². The molecule has 0 N–H and O–H groups in total. The van der Waals surface area contributed by atoms with Crippen LogP contribution in [0.4, 0.5) is 4.39 Å². The molecule has 0 fully saturated rings. The Labute approximate surface area is 163 Å². The fourth-order valence-corrected chi connectivity index (χ4v) is 2.87. The van der Waals surface area contributed by atoms with Crippen molar-refractivity contribution < 1.29 is 18.6 Å². The van der Waals surface area contributed by atoms with Crippen LogP contribution >= 0.6 is 0 Å². The number of methoxy groups -OCH3 is 1. The van der Waals surface area contributed by atoms with Gasteiger partial charge in [0.2, 0.25) is 0 Å². The first-order chi connectivity index (χ1) is 13.0. The van der Waals surface area contributed by atoms with E-state index in [1.165, 1.54) is 6.07 Å². The predicted molar refractivity (Wildman–Crippen MR) is 111 cm³/mol. The van der Waals surface area contributed by atoms with Crippen molar-refractivity contribution in [2.45, 2.75) is 54.4 Å². The number of hydrogen-bond acceptors (Lipinski definition) is 3. The zero-order valence-corrected chi connectivity index (χ0v) is 17.9. The molecule has 1 aliphatic rings. The first-order valence-corrected chi connectivity index (χ1v) is 9.79. The molecule has 1 aliphatic heterocycles. The Morgan fingerprint density at radius 1 is 0.889 bits per heavy atom. The van der Waals surface area contributed by atoms with Crippen LogP contribution in [0.25, 0.3) is 11.1 Å². The van der Waals surface area contributed by atoms with E-state index < -0.39 is 0 Å². The third-order valence-corrected chi connectivity index (χ3v) is 4.12. The molecule has 0 aliphatic carbocycles. The summed E-state index contributed by atoms with van der Waals surface area (Å²) < 4.78 is 30.9. The topological polar surface area (TPSA) is 27.7 Å². The highest BCUT2D eigenvalue weighted by atomic mass is 19.1. The summed E-state index contributed by atoms with van der Waals surface area (Å²) in [7, 11) is 1.56. The lowest BCUT2D eigenvalue weighted by Gasteiger charge is -2.21. The van der Waals surface area contributed by atoms with Gasteiger partial charge in [0.1, 0.15) is 24.8 Å². The van der Waals surface area contributed by atoms with Crippen LogP contribution in [0.3, 0.4) is 0 Å². The van der Waals surface area contributed by atoms with Gasteiger partial charge < -0.3 is 14.2 Å². The molecule has 27 heavy (non-hydrogen) atoms. The Balaban J connectivity index is 0.000000855. The van der Waals surface area contributed by atoms with Gasteiger partial charge >= 0.3 is 0 Å². The Morgan fingerprint density at radius 3 is 1.96 bits per heavy atom. The Hall–Kier alpha value is -2.23. The minimum atomic E-state index is -0.240. The number of rotatable bonds is 3. The van der Waals surface area contributed by atoms with Crippen LogP contribution in [0.2, 0.25) is 0 Å². The van der Waals surface area contributed by atoms with E-state index in [1.54, 1.807) is 7.11 Å². The minimum Gasteiger partial charge on any atom is -0.496 e. The highest BCUT2D eigenvalue weighted by Gasteiger charge is 2.19. The average Bonchev–Trinajstić information content (AvgIpc) is 2.70. The molecule has 0 saturated heterocycles. The number of benzene rings is 2. The van der Waals surface area contributed by atoms with Crippen LogP contribution in [-0.2, 0) is 0 Å². The van der Waals surface area contributed by atoms with Gasteiger partial charge in [-0.25, -0.2) is 4.39 Å². The fraction of sp³-hybridized carbons (Fsp3) is 0.478. The molecule has 0 amide bonds. The Morgan fingerprint density at radius 2 is 1.44 bits per heavy atom. The van der Waals surface area contributed by atoms with E-state index in [-0.39, 0.29) is 11.7 Å². The lowest BCUT2D eigenvalue weighted by Crippen LogP contribution is -2.15. The monoisotopic (exact) mass is 376 g/mol. The highest BCUT2D eigenvalue weighted by molar-refractivity contribution is 5.77. The lowest BCUT2D eigenvalue weighted by molar-refractivity contribution is 0.171. The smallest absolute Gasteiger partial charge is 0.161 e. The van der Waals surface area contributed by atoms with Gasteiger partial charge in [0, 0.05) is 11.6 Å². The van der Waals surface area contributed by atoms with Crippen molar-refractivity contribution in [3.8, 4) is 28.4 Å². The van der Waals surface area contributed by atoms with E-state index in [1.807, 2.05) is 66.7 Å². The quantitative estimate of drug-likeness (QED) is 0.592. The molecule has 0 atom stereocenters. The summed E-state index contributed by atoms with van der Waals surface area (Å²) >= 11 is 0. The van der Waals surface area contributed by atoms with Gasteiger partial charge in [0.15, 0.2) is 11.5 Å². The van der Waals surface area contributed by atoms with Crippen LogP contribution in [-0.4, -0.2) is 20.3 Å². The molecular weight excluding hydrogens is 343 g/mol. The van der Waals surface area contributed by atoms with Crippen molar-refractivity contribution in [2.75, 3.05) is 20.3 Å². The molecule has 0 aromatic heterocycles. The predicted octanol–water partition coefficient (Wildman–Crippen LogP) is 6.76. The normalized spacial score (nSPS) is 11.8. The largest absolute Gasteiger partial charge is 0.496 e. The molecule has 3 rings (SSSR count). The van der Waals surface area contributed by atoms with Gasteiger partial charge in [0.05, 0.1) is 7.11 Å². The maximum Gasteiger partial charge on any atom is 0.161 e. The molecule has 0 bridgehead atoms. The first-order valence-electron chi connectivity index (χ1n) is 9.79. The van der Waals surface area contributed by atoms with Gasteiger partial charge in [-0.05, 0) is 47.7 Å². The van der Waals surface area contributed by atoms with Crippen molar-refractivity contribution in [1.29, 1.82) is 0 Å². The molecule has 0 saturated carbocycles. The molecule has 4 heteroatoms. The van der Waals surface area contributed by atoms with Crippen molar-refractivity contribution in [1.82, 2.24) is 0 Å². The second kappa shape index (κ2) is 10.8. The van der Waals surface area contributed by atoms with Gasteiger partial charge in [-0.1, -0.05) is 41.5 Å². The summed E-state index contributed by atoms with van der Waals surface area (Å²) in [5, 5.41) is 0. The molecule has 1 heterocycles. The maximum atomic E-state index is 14.2. The van der Waals surface area contributed by atoms with E-state index >= 15 is 0 Å². The summed E-state index contributed by atoms with van der Waals surface area (Å²) in [6.45, 7) is 15.1. The maximum absolute atomic E-state index is 14.2. The summed E-state index contributed by atoms with van der Waals surface area (Å²) in [6, 6.07) is 7.24. The number of halogens is 1. The van der Waals surface area contributed by atoms with Gasteiger partial charge in [-0.3, -0.25) is 0 Å².